The molecule has 1 aliphatic rings. The van der Waals surface area contributed by atoms with Gasteiger partial charge in [-0.2, -0.15) is 0 Å². The van der Waals surface area contributed by atoms with E-state index in [1.54, 1.807) is 21.3 Å². The number of hydrogen-bond donors (Lipinski definition) is 0. The van der Waals surface area contributed by atoms with E-state index in [1.165, 1.54) is 0 Å². The Morgan fingerprint density at radius 1 is 0.619 bits per heavy atom. The Hall–Kier alpha value is -5.79. The standard InChI is InChI=1S/C52H55NO10/c1-33-48(60-30-35-18-12-8-13-19-35)47(53(2)3)51(61-31-36-20-14-9-15-21-36)50(62-33)38-22-23-41(59-29-34-16-10-7-11-17-34)46-43(57-6)28-39-44-40(52(54)63-49(39)45(38)46)26-37(27-42(44)56-5)24-25-58-32-55-4/h7-23,26-28,33,47-48,50-51H,24-25,29-32H2,1-6H3/t33-,47+,48+,50+,51-/m0/s1. The summed E-state index contributed by atoms with van der Waals surface area (Å²) < 4.78 is 57.0. The molecule has 11 nitrogen and oxygen atoms in total. The molecule has 1 saturated heterocycles. The van der Waals surface area contributed by atoms with Crippen LogP contribution < -0.4 is 19.8 Å². The van der Waals surface area contributed by atoms with Crippen molar-refractivity contribution in [1.82, 2.24) is 4.90 Å². The van der Waals surface area contributed by atoms with Crippen LogP contribution in [0.5, 0.6) is 17.2 Å². The van der Waals surface area contributed by atoms with E-state index >= 15 is 0 Å². The molecule has 0 aliphatic carbocycles. The van der Waals surface area contributed by atoms with Crippen LogP contribution in [0, 0.1) is 0 Å². The predicted molar refractivity (Wildman–Crippen MR) is 244 cm³/mol. The van der Waals surface area contributed by atoms with Gasteiger partial charge in [-0.05, 0) is 79.5 Å². The number of methoxy groups -OCH3 is 3. The molecule has 1 fully saturated rings. The van der Waals surface area contributed by atoms with Crippen molar-refractivity contribution in [2.45, 2.75) is 63.6 Å². The maximum atomic E-state index is 14.4. The minimum absolute atomic E-state index is 0.169. The topological polar surface area (TPSA) is 107 Å². The first kappa shape index (κ1) is 43.8. The fourth-order valence-corrected chi connectivity index (χ4v) is 8.76. The Bertz CT molecular complexity index is 2670. The van der Waals surface area contributed by atoms with E-state index in [0.717, 1.165) is 27.8 Å². The summed E-state index contributed by atoms with van der Waals surface area (Å²) in [4.78, 5) is 16.6. The second-order valence-electron chi connectivity index (χ2n) is 16.0. The van der Waals surface area contributed by atoms with E-state index in [2.05, 4.69) is 17.0 Å². The lowest BCUT2D eigenvalue weighted by Gasteiger charge is -2.48. The molecule has 11 heteroatoms. The van der Waals surface area contributed by atoms with Crippen LogP contribution in [0.4, 0.5) is 0 Å². The van der Waals surface area contributed by atoms with Crippen LogP contribution in [0.2, 0.25) is 0 Å². The normalized spacial score (nSPS) is 18.9. The highest BCUT2D eigenvalue weighted by Crippen LogP contribution is 2.48. The minimum atomic E-state index is -0.675. The Morgan fingerprint density at radius 3 is 1.83 bits per heavy atom. The monoisotopic (exact) mass is 853 g/mol. The summed E-state index contributed by atoms with van der Waals surface area (Å²) in [6, 6.07) is 39.5. The molecule has 1 aliphatic heterocycles. The average molecular weight is 854 g/mol. The molecule has 6 aromatic carbocycles. The summed E-state index contributed by atoms with van der Waals surface area (Å²) in [6.45, 7) is 3.63. The van der Waals surface area contributed by atoms with Gasteiger partial charge in [0.1, 0.15) is 54.5 Å². The lowest BCUT2D eigenvalue weighted by atomic mass is 9.85. The Kier molecular flexibility index (Phi) is 14.0. The van der Waals surface area contributed by atoms with Crippen LogP contribution in [-0.2, 0) is 49.9 Å². The number of hydrogen-bond acceptors (Lipinski definition) is 11. The highest BCUT2D eigenvalue weighted by Gasteiger charge is 2.48. The van der Waals surface area contributed by atoms with Gasteiger partial charge >= 0.3 is 5.63 Å². The van der Waals surface area contributed by atoms with E-state index < -0.39 is 17.8 Å². The zero-order valence-corrected chi connectivity index (χ0v) is 36.7. The van der Waals surface area contributed by atoms with E-state index in [4.69, 9.17) is 42.3 Å². The van der Waals surface area contributed by atoms with Gasteiger partial charge in [0, 0.05) is 23.3 Å². The summed E-state index contributed by atoms with van der Waals surface area (Å²) >= 11 is 0. The minimum Gasteiger partial charge on any atom is -0.496 e. The molecule has 0 saturated carbocycles. The molecule has 8 rings (SSSR count). The molecule has 328 valence electrons. The zero-order chi connectivity index (χ0) is 43.9. The third-order valence-corrected chi connectivity index (χ3v) is 11.7. The summed E-state index contributed by atoms with van der Waals surface area (Å²) in [5.41, 5.74) is 4.51. The van der Waals surface area contributed by atoms with Crippen LogP contribution >= 0.6 is 0 Å². The lowest BCUT2D eigenvalue weighted by Crippen LogP contribution is -2.60. The van der Waals surface area contributed by atoms with E-state index in [0.29, 0.717) is 82.6 Å². The first-order valence-electron chi connectivity index (χ1n) is 21.3. The summed E-state index contributed by atoms with van der Waals surface area (Å²) in [5.74, 6) is 1.59. The van der Waals surface area contributed by atoms with E-state index in [-0.39, 0.29) is 25.0 Å². The fraction of sp³-hybridized carbons (Fsp3) is 0.327. The van der Waals surface area contributed by atoms with Crippen molar-refractivity contribution in [2.75, 3.05) is 48.8 Å². The molecule has 0 unspecified atom stereocenters. The van der Waals surface area contributed by atoms with E-state index in [9.17, 15) is 4.79 Å². The predicted octanol–water partition coefficient (Wildman–Crippen LogP) is 9.42. The van der Waals surface area contributed by atoms with Gasteiger partial charge in [0.15, 0.2) is 0 Å². The first-order valence-corrected chi connectivity index (χ1v) is 21.3. The molecule has 0 N–H and O–H groups in total. The van der Waals surface area contributed by atoms with E-state index in [1.807, 2.05) is 130 Å². The maximum absolute atomic E-state index is 14.4. The smallest absolute Gasteiger partial charge is 0.344 e. The molecule has 63 heavy (non-hydrogen) atoms. The lowest BCUT2D eigenvalue weighted by molar-refractivity contribution is -0.230. The second-order valence-corrected chi connectivity index (χ2v) is 16.0. The van der Waals surface area contributed by atoms with Gasteiger partial charge in [0.25, 0.3) is 0 Å². The van der Waals surface area contributed by atoms with Gasteiger partial charge in [-0.25, -0.2) is 4.79 Å². The zero-order valence-electron chi connectivity index (χ0n) is 36.7. The third kappa shape index (κ3) is 9.45. The largest absolute Gasteiger partial charge is 0.496 e. The molecular weight excluding hydrogens is 799 g/mol. The Labute approximate surface area is 367 Å². The number of nitrogens with zero attached hydrogens (tertiary/aromatic N) is 1. The first-order chi connectivity index (χ1) is 30.8. The SMILES string of the molecule is COCOCCc1cc(OC)c2c(c1)c(=O)oc1c2cc(OC)c2c(OCc3ccccc3)ccc([C@H]3O[C@@H](C)[C@@H](OCc4ccccc4)[C@@H](N(C)C)[C@@H]3OCc3ccccc3)c21. The number of rotatable bonds is 18. The van der Waals surface area contributed by atoms with Gasteiger partial charge in [-0.15, -0.1) is 0 Å². The number of fused-ring (bicyclic) bond motifs is 5. The Morgan fingerprint density at radius 2 is 1.22 bits per heavy atom. The van der Waals surface area contributed by atoms with Crippen molar-refractivity contribution in [3.63, 3.8) is 0 Å². The maximum Gasteiger partial charge on any atom is 0.344 e. The average Bonchev–Trinajstić information content (AvgIpc) is 3.31. The molecule has 1 aromatic heterocycles. The fourth-order valence-electron chi connectivity index (χ4n) is 8.76. The highest BCUT2D eigenvalue weighted by molar-refractivity contribution is 6.19. The molecule has 5 atom stereocenters. The van der Waals surface area contributed by atoms with Crippen molar-refractivity contribution in [3.8, 4) is 17.2 Å². The van der Waals surface area contributed by atoms with Crippen molar-refractivity contribution in [3.05, 3.63) is 160 Å². The number of benzene rings is 6. The number of ether oxygens (including phenoxy) is 8. The summed E-state index contributed by atoms with van der Waals surface area (Å²) in [7, 11) is 8.90. The van der Waals surface area contributed by atoms with Crippen molar-refractivity contribution in [1.29, 1.82) is 0 Å². The van der Waals surface area contributed by atoms with Crippen LogP contribution in [0.25, 0.3) is 32.5 Å². The van der Waals surface area contributed by atoms with Gasteiger partial charge in [-0.1, -0.05) is 97.1 Å². The van der Waals surface area contributed by atoms with Crippen LogP contribution in [0.1, 0.15) is 40.8 Å². The highest BCUT2D eigenvalue weighted by atomic mass is 16.7. The van der Waals surface area contributed by atoms with Gasteiger partial charge in [0.05, 0.1) is 57.0 Å². The molecule has 0 bridgehead atoms. The van der Waals surface area contributed by atoms with Gasteiger partial charge in [0.2, 0.25) is 0 Å². The van der Waals surface area contributed by atoms with Crippen molar-refractivity contribution in [2.24, 2.45) is 0 Å². The summed E-state index contributed by atoms with van der Waals surface area (Å²) in [6.07, 6.45) is -1.47. The second kappa shape index (κ2) is 20.2. The van der Waals surface area contributed by atoms with Crippen molar-refractivity contribution < 1.29 is 42.3 Å². The van der Waals surface area contributed by atoms with Crippen molar-refractivity contribution >= 4 is 32.5 Å². The molecule has 0 spiro atoms. The third-order valence-electron chi connectivity index (χ3n) is 11.7. The molecular formula is C52H55NO10. The Balaban J connectivity index is 1.34. The van der Waals surface area contributed by atoms with Crippen LogP contribution in [0.15, 0.2) is 131 Å². The van der Waals surface area contributed by atoms with Gasteiger partial charge in [-0.3, -0.25) is 0 Å². The van der Waals surface area contributed by atoms with Crippen LogP contribution in [-0.4, -0.2) is 78.1 Å². The van der Waals surface area contributed by atoms with Crippen LogP contribution in [0.3, 0.4) is 0 Å². The summed E-state index contributed by atoms with van der Waals surface area (Å²) in [5, 5.41) is 2.85. The molecule has 2 heterocycles. The molecule has 7 aromatic rings. The molecule has 0 amide bonds. The molecule has 0 radical (unpaired) electrons. The quantitative estimate of drug-likeness (QED) is 0.0357. The van der Waals surface area contributed by atoms with Gasteiger partial charge < -0.3 is 47.2 Å². The number of likely N-dealkylation sites (N-methyl/N-ethyl adjacent to an activating group) is 1.